The van der Waals surface area contributed by atoms with E-state index in [4.69, 9.17) is 0 Å². The van der Waals surface area contributed by atoms with Crippen LogP contribution in [0.2, 0.25) is 0 Å². The number of rotatable bonds is 3. The average Bonchev–Trinajstić information content (AvgIpc) is 2.27. The van der Waals surface area contributed by atoms with E-state index in [1.807, 2.05) is 0 Å². The van der Waals surface area contributed by atoms with Crippen LogP contribution in [-0.4, -0.2) is 18.9 Å². The van der Waals surface area contributed by atoms with Crippen molar-refractivity contribution in [2.24, 2.45) is 5.41 Å². The number of methoxy groups -OCH3 is 1. The minimum absolute atomic E-state index is 0.0300. The summed E-state index contributed by atoms with van der Waals surface area (Å²) in [4.78, 5) is 23.9. The molecule has 0 amide bonds. The molecule has 0 N–H and O–H groups in total. The number of carbonyl (C=O) groups is 2. The van der Waals surface area contributed by atoms with Crippen molar-refractivity contribution in [2.75, 3.05) is 7.11 Å². The van der Waals surface area contributed by atoms with Crippen molar-refractivity contribution in [1.29, 1.82) is 0 Å². The van der Waals surface area contributed by atoms with Crippen LogP contribution < -0.4 is 0 Å². The Morgan fingerprint density at radius 1 is 1.29 bits per heavy atom. The molecule has 0 aromatic heterocycles. The van der Waals surface area contributed by atoms with Gasteiger partial charge < -0.3 is 4.74 Å². The van der Waals surface area contributed by atoms with E-state index in [0.717, 1.165) is 6.42 Å². The first-order chi connectivity index (χ1) is 8.12. The van der Waals surface area contributed by atoms with Gasteiger partial charge in [0, 0.05) is 0 Å². The predicted octanol–water partition coefficient (Wildman–Crippen LogP) is 2.35. The topological polar surface area (TPSA) is 43.4 Å². The summed E-state index contributed by atoms with van der Waals surface area (Å²) in [6, 6.07) is 5.72. The third-order valence-electron chi connectivity index (χ3n) is 3.34. The van der Waals surface area contributed by atoms with Gasteiger partial charge in [-0.2, -0.15) is 0 Å². The highest BCUT2D eigenvalue weighted by molar-refractivity contribution is 6.13. The molecule has 1 saturated carbocycles. The molecule has 0 spiro atoms. The van der Waals surface area contributed by atoms with Crippen molar-refractivity contribution in [2.45, 2.75) is 19.3 Å². The maximum absolute atomic E-state index is 13.5. The molecule has 90 valence electrons. The van der Waals surface area contributed by atoms with Gasteiger partial charge in [0.25, 0.3) is 0 Å². The fourth-order valence-corrected chi connectivity index (χ4v) is 2.15. The van der Waals surface area contributed by atoms with Crippen LogP contribution in [0.3, 0.4) is 0 Å². The highest BCUT2D eigenvalue weighted by atomic mass is 19.1. The summed E-state index contributed by atoms with van der Waals surface area (Å²) in [6.07, 6.45) is 1.66. The highest BCUT2D eigenvalue weighted by Gasteiger charge is 2.52. The first kappa shape index (κ1) is 11.8. The average molecular weight is 236 g/mol. The lowest BCUT2D eigenvalue weighted by molar-refractivity contribution is -0.153. The van der Waals surface area contributed by atoms with Crippen molar-refractivity contribution in [3.63, 3.8) is 0 Å². The van der Waals surface area contributed by atoms with Crippen molar-refractivity contribution in [1.82, 2.24) is 0 Å². The van der Waals surface area contributed by atoms with Crippen molar-refractivity contribution < 1.29 is 18.7 Å². The van der Waals surface area contributed by atoms with Crippen LogP contribution in [0.5, 0.6) is 0 Å². The molecule has 1 aromatic rings. The Hall–Kier alpha value is -1.71. The summed E-state index contributed by atoms with van der Waals surface area (Å²) in [7, 11) is 1.25. The maximum Gasteiger partial charge on any atom is 0.319 e. The molecule has 1 fully saturated rings. The third kappa shape index (κ3) is 1.73. The largest absolute Gasteiger partial charge is 0.468 e. The summed E-state index contributed by atoms with van der Waals surface area (Å²) in [5, 5.41) is 0. The number of benzene rings is 1. The molecule has 3 nitrogen and oxygen atoms in total. The standard InChI is InChI=1S/C13H13FO3/c1-17-12(16)13(7-4-8-13)11(15)9-5-2-3-6-10(9)14/h2-3,5-6H,4,7-8H2,1H3. The predicted molar refractivity (Wildman–Crippen MR) is 59.0 cm³/mol. The molecule has 4 heteroatoms. The second kappa shape index (κ2) is 4.28. The number of carbonyl (C=O) groups excluding carboxylic acids is 2. The fraction of sp³-hybridized carbons (Fsp3) is 0.385. The molecular formula is C13H13FO3. The number of hydrogen-bond acceptors (Lipinski definition) is 3. The molecule has 1 aromatic carbocycles. The van der Waals surface area contributed by atoms with Gasteiger partial charge in [0.2, 0.25) is 0 Å². The van der Waals surface area contributed by atoms with Gasteiger partial charge >= 0.3 is 5.97 Å². The van der Waals surface area contributed by atoms with E-state index < -0.39 is 23.0 Å². The number of ketones is 1. The van der Waals surface area contributed by atoms with Gasteiger partial charge in [-0.3, -0.25) is 9.59 Å². The zero-order valence-corrected chi connectivity index (χ0v) is 9.53. The van der Waals surface area contributed by atoms with E-state index in [-0.39, 0.29) is 5.56 Å². The Morgan fingerprint density at radius 3 is 2.41 bits per heavy atom. The molecule has 1 aliphatic rings. The van der Waals surface area contributed by atoms with Crippen LogP contribution in [0.15, 0.2) is 24.3 Å². The second-order valence-electron chi connectivity index (χ2n) is 4.24. The summed E-state index contributed by atoms with van der Waals surface area (Å²) >= 11 is 0. The highest BCUT2D eigenvalue weighted by Crippen LogP contribution is 2.44. The SMILES string of the molecule is COC(=O)C1(C(=O)c2ccccc2F)CCC1. The second-order valence-corrected chi connectivity index (χ2v) is 4.24. The van der Waals surface area contributed by atoms with E-state index >= 15 is 0 Å². The lowest BCUT2D eigenvalue weighted by Gasteiger charge is -2.37. The summed E-state index contributed by atoms with van der Waals surface area (Å²) < 4.78 is 18.2. The van der Waals surface area contributed by atoms with Crippen molar-refractivity contribution in [3.8, 4) is 0 Å². The maximum atomic E-state index is 13.5. The fourth-order valence-electron chi connectivity index (χ4n) is 2.15. The summed E-state index contributed by atoms with van der Waals surface area (Å²) in [6.45, 7) is 0. The Bertz CT molecular complexity index is 463. The van der Waals surface area contributed by atoms with E-state index in [9.17, 15) is 14.0 Å². The number of ether oxygens (including phenoxy) is 1. The van der Waals surface area contributed by atoms with Gasteiger partial charge in [0.05, 0.1) is 12.7 Å². The van der Waals surface area contributed by atoms with Crippen LogP contribution in [0.1, 0.15) is 29.6 Å². The number of Topliss-reactive ketones (excluding diaryl/α,β-unsaturated/α-hetero) is 1. The molecule has 0 atom stereocenters. The van der Waals surface area contributed by atoms with Gasteiger partial charge in [0.1, 0.15) is 11.2 Å². The van der Waals surface area contributed by atoms with E-state index in [0.29, 0.717) is 12.8 Å². The molecule has 1 aliphatic carbocycles. The normalized spacial score (nSPS) is 17.1. The van der Waals surface area contributed by atoms with Crippen LogP contribution >= 0.6 is 0 Å². The van der Waals surface area contributed by atoms with Crippen LogP contribution in [-0.2, 0) is 9.53 Å². The number of hydrogen-bond donors (Lipinski definition) is 0. The van der Waals surface area contributed by atoms with Crippen molar-refractivity contribution in [3.05, 3.63) is 35.6 Å². The molecule has 0 bridgehead atoms. The molecular weight excluding hydrogens is 223 g/mol. The van der Waals surface area contributed by atoms with Gasteiger partial charge in [0.15, 0.2) is 5.78 Å². The van der Waals surface area contributed by atoms with Gasteiger partial charge in [-0.25, -0.2) is 4.39 Å². The molecule has 2 rings (SSSR count). The summed E-state index contributed by atoms with van der Waals surface area (Å²) in [5.41, 5.74) is -1.19. The zero-order valence-electron chi connectivity index (χ0n) is 9.53. The molecule has 0 aliphatic heterocycles. The Kier molecular flexibility index (Phi) is 2.96. The Morgan fingerprint density at radius 2 is 1.94 bits per heavy atom. The molecule has 17 heavy (non-hydrogen) atoms. The first-order valence-corrected chi connectivity index (χ1v) is 5.49. The molecule has 0 unspecified atom stereocenters. The Labute approximate surface area is 98.6 Å². The van der Waals surface area contributed by atoms with E-state index in [1.54, 1.807) is 6.07 Å². The van der Waals surface area contributed by atoms with Gasteiger partial charge in [-0.15, -0.1) is 0 Å². The van der Waals surface area contributed by atoms with Crippen LogP contribution in [0, 0.1) is 11.2 Å². The lowest BCUT2D eigenvalue weighted by atomic mass is 9.64. The monoisotopic (exact) mass is 236 g/mol. The van der Waals surface area contributed by atoms with E-state index in [2.05, 4.69) is 4.74 Å². The molecule has 0 radical (unpaired) electrons. The minimum atomic E-state index is -1.16. The van der Waals surface area contributed by atoms with Gasteiger partial charge in [-0.05, 0) is 25.0 Å². The molecule has 0 saturated heterocycles. The molecule has 0 heterocycles. The van der Waals surface area contributed by atoms with Gasteiger partial charge in [-0.1, -0.05) is 18.6 Å². The van der Waals surface area contributed by atoms with E-state index in [1.165, 1.54) is 25.3 Å². The number of halogens is 1. The summed E-state index contributed by atoms with van der Waals surface area (Å²) in [5.74, 6) is -1.61. The lowest BCUT2D eigenvalue weighted by Crippen LogP contribution is -2.46. The third-order valence-corrected chi connectivity index (χ3v) is 3.34. The smallest absolute Gasteiger partial charge is 0.319 e. The first-order valence-electron chi connectivity index (χ1n) is 5.49. The minimum Gasteiger partial charge on any atom is -0.468 e. The van der Waals surface area contributed by atoms with Crippen LogP contribution in [0.4, 0.5) is 4.39 Å². The quantitative estimate of drug-likeness (QED) is 0.459. The Balaban J connectivity index is 2.37. The van der Waals surface area contributed by atoms with Crippen molar-refractivity contribution >= 4 is 11.8 Å². The van der Waals surface area contributed by atoms with Crippen LogP contribution in [0.25, 0.3) is 0 Å². The zero-order chi connectivity index (χ0) is 12.5. The number of esters is 1.